The van der Waals surface area contributed by atoms with Crippen molar-refractivity contribution in [3.05, 3.63) is 59.5 Å². The zero-order chi connectivity index (χ0) is 24.6. The first-order valence-corrected chi connectivity index (χ1v) is 12.4. The van der Waals surface area contributed by atoms with Gasteiger partial charge in [0.05, 0.1) is 27.8 Å². The molecule has 1 N–H and O–H groups in total. The summed E-state index contributed by atoms with van der Waals surface area (Å²) in [6, 6.07) is 9.94. The smallest absolute Gasteiger partial charge is 0.256 e. The summed E-state index contributed by atoms with van der Waals surface area (Å²) in [5, 5.41) is 7.95. The molecule has 3 heterocycles. The quantitative estimate of drug-likeness (QED) is 0.425. The van der Waals surface area contributed by atoms with Crippen LogP contribution in [0.1, 0.15) is 35.5 Å². The maximum Gasteiger partial charge on any atom is 0.256 e. The van der Waals surface area contributed by atoms with Crippen molar-refractivity contribution in [1.82, 2.24) is 19.1 Å². The van der Waals surface area contributed by atoms with E-state index in [1.165, 1.54) is 10.4 Å². The highest BCUT2D eigenvalue weighted by Gasteiger charge is 2.24. The molecule has 178 valence electrons. The summed E-state index contributed by atoms with van der Waals surface area (Å²) in [5.74, 6) is 0.134. The second-order valence-corrected chi connectivity index (χ2v) is 9.90. The van der Waals surface area contributed by atoms with Crippen molar-refractivity contribution in [2.75, 3.05) is 18.4 Å². The van der Waals surface area contributed by atoms with Gasteiger partial charge in [-0.3, -0.25) is 9.48 Å². The Morgan fingerprint density at radius 1 is 1.15 bits per heavy atom. The molecule has 0 atom stereocenters. The van der Waals surface area contributed by atoms with Crippen molar-refractivity contribution in [2.24, 2.45) is 7.05 Å². The van der Waals surface area contributed by atoms with E-state index in [1.807, 2.05) is 13.8 Å². The fourth-order valence-corrected chi connectivity index (χ4v) is 5.46. The van der Waals surface area contributed by atoms with E-state index in [9.17, 15) is 13.2 Å². The SMILES string of the molecule is CCN(CC)S(=O)(=O)c1ccc(C)c(NC(=O)c2cc(-c3ccco3)nc3c2c(C)nn3C)c1. The second kappa shape index (κ2) is 9.03. The Balaban J connectivity index is 1.79. The molecule has 9 nitrogen and oxygen atoms in total. The van der Waals surface area contributed by atoms with Crippen LogP contribution in [0, 0.1) is 13.8 Å². The van der Waals surface area contributed by atoms with Gasteiger partial charge >= 0.3 is 0 Å². The van der Waals surface area contributed by atoms with Gasteiger partial charge in [0.15, 0.2) is 11.4 Å². The van der Waals surface area contributed by atoms with E-state index in [1.54, 1.807) is 62.2 Å². The highest BCUT2D eigenvalue weighted by Crippen LogP contribution is 2.29. The highest BCUT2D eigenvalue weighted by atomic mass is 32.2. The zero-order valence-corrected chi connectivity index (χ0v) is 20.6. The molecule has 34 heavy (non-hydrogen) atoms. The van der Waals surface area contributed by atoms with Gasteiger partial charge in [-0.05, 0) is 49.7 Å². The van der Waals surface area contributed by atoms with E-state index in [0.29, 0.717) is 52.5 Å². The molecule has 0 saturated carbocycles. The Bertz CT molecular complexity index is 1470. The summed E-state index contributed by atoms with van der Waals surface area (Å²) < 4.78 is 34.5. The first-order valence-electron chi connectivity index (χ1n) is 11.0. The number of aromatic nitrogens is 3. The molecule has 0 bridgehead atoms. The van der Waals surface area contributed by atoms with E-state index in [0.717, 1.165) is 5.56 Å². The van der Waals surface area contributed by atoms with Gasteiger partial charge in [0, 0.05) is 25.8 Å². The number of amides is 1. The average molecular weight is 482 g/mol. The molecule has 0 aliphatic carbocycles. The third-order valence-corrected chi connectivity index (χ3v) is 7.83. The average Bonchev–Trinajstić information content (AvgIpc) is 3.44. The predicted octanol–water partition coefficient (Wildman–Crippen LogP) is 4.13. The Labute approximate surface area is 198 Å². The van der Waals surface area contributed by atoms with Crippen LogP contribution >= 0.6 is 0 Å². The highest BCUT2D eigenvalue weighted by molar-refractivity contribution is 7.89. The van der Waals surface area contributed by atoms with Crippen LogP contribution < -0.4 is 5.32 Å². The Morgan fingerprint density at radius 2 is 1.88 bits per heavy atom. The second-order valence-electron chi connectivity index (χ2n) is 7.96. The minimum Gasteiger partial charge on any atom is -0.463 e. The number of benzene rings is 1. The Kier molecular flexibility index (Phi) is 6.28. The lowest BCUT2D eigenvalue weighted by atomic mass is 10.1. The van der Waals surface area contributed by atoms with Crippen molar-refractivity contribution in [1.29, 1.82) is 0 Å². The molecule has 0 unspecified atom stereocenters. The number of pyridine rings is 1. The molecule has 0 radical (unpaired) electrons. The number of aryl methyl sites for hydroxylation is 3. The summed E-state index contributed by atoms with van der Waals surface area (Å²) >= 11 is 0. The number of sulfonamides is 1. The number of fused-ring (bicyclic) bond motifs is 1. The number of anilines is 1. The van der Waals surface area contributed by atoms with Crippen molar-refractivity contribution in [3.63, 3.8) is 0 Å². The summed E-state index contributed by atoms with van der Waals surface area (Å²) in [4.78, 5) is 18.3. The van der Waals surface area contributed by atoms with Crippen LogP contribution in [0.2, 0.25) is 0 Å². The summed E-state index contributed by atoms with van der Waals surface area (Å²) in [7, 11) is -1.90. The summed E-state index contributed by atoms with van der Waals surface area (Å²) in [5.41, 5.74) is 3.25. The molecule has 3 aromatic heterocycles. The maximum atomic E-state index is 13.5. The minimum atomic E-state index is -3.67. The number of nitrogens with zero attached hydrogens (tertiary/aromatic N) is 4. The van der Waals surface area contributed by atoms with Gasteiger partial charge in [-0.25, -0.2) is 13.4 Å². The fourth-order valence-electron chi connectivity index (χ4n) is 3.97. The normalized spacial score (nSPS) is 11.9. The van der Waals surface area contributed by atoms with E-state index >= 15 is 0 Å². The number of hydrogen-bond acceptors (Lipinski definition) is 6. The molecule has 10 heteroatoms. The Hall–Kier alpha value is -3.50. The van der Waals surface area contributed by atoms with E-state index < -0.39 is 15.9 Å². The molecular formula is C24H27N5O4S. The molecule has 1 amide bonds. The first kappa shape index (κ1) is 23.7. The van der Waals surface area contributed by atoms with Crippen LogP contribution in [-0.2, 0) is 17.1 Å². The molecule has 0 aliphatic heterocycles. The maximum absolute atomic E-state index is 13.5. The standard InChI is InChI=1S/C24H27N5O4S/c1-6-29(7-2)34(31,32)17-11-10-15(3)19(13-17)26-24(30)18-14-20(21-9-8-12-33-21)25-23-22(18)16(4)27-28(23)5/h8-14H,6-7H2,1-5H3,(H,26,30). The van der Waals surface area contributed by atoms with Crippen LogP contribution in [0.3, 0.4) is 0 Å². The van der Waals surface area contributed by atoms with Gasteiger partial charge in [-0.1, -0.05) is 19.9 Å². The lowest BCUT2D eigenvalue weighted by molar-refractivity contribution is 0.102. The topological polar surface area (TPSA) is 110 Å². The number of carbonyl (C=O) groups is 1. The summed E-state index contributed by atoms with van der Waals surface area (Å²) in [6.07, 6.45) is 1.54. The van der Waals surface area contributed by atoms with Gasteiger partial charge in [-0.15, -0.1) is 0 Å². The van der Waals surface area contributed by atoms with Crippen molar-refractivity contribution in [3.8, 4) is 11.5 Å². The monoisotopic (exact) mass is 481 g/mol. The molecule has 0 aliphatic rings. The predicted molar refractivity (Wildman–Crippen MR) is 130 cm³/mol. The van der Waals surface area contributed by atoms with Gasteiger partial charge in [0.1, 0.15) is 5.69 Å². The number of carbonyl (C=O) groups excluding carboxylic acids is 1. The van der Waals surface area contributed by atoms with Crippen LogP contribution in [0.25, 0.3) is 22.5 Å². The minimum absolute atomic E-state index is 0.130. The third-order valence-electron chi connectivity index (χ3n) is 5.79. The number of furan rings is 1. The number of nitrogens with one attached hydrogen (secondary N) is 1. The largest absolute Gasteiger partial charge is 0.463 e. The van der Waals surface area contributed by atoms with Gasteiger partial charge in [0.25, 0.3) is 5.91 Å². The van der Waals surface area contributed by atoms with Gasteiger partial charge in [-0.2, -0.15) is 9.40 Å². The van der Waals surface area contributed by atoms with Crippen molar-refractivity contribution < 1.29 is 17.6 Å². The molecule has 0 fully saturated rings. The molecule has 0 saturated heterocycles. The lowest BCUT2D eigenvalue weighted by Gasteiger charge is -2.19. The van der Waals surface area contributed by atoms with Gasteiger partial charge in [0.2, 0.25) is 10.0 Å². The van der Waals surface area contributed by atoms with Gasteiger partial charge < -0.3 is 9.73 Å². The van der Waals surface area contributed by atoms with Crippen LogP contribution in [0.15, 0.2) is 52.0 Å². The Morgan fingerprint density at radius 3 is 2.53 bits per heavy atom. The molecule has 4 aromatic rings. The number of rotatable bonds is 7. The van der Waals surface area contributed by atoms with Crippen LogP contribution in [0.5, 0.6) is 0 Å². The van der Waals surface area contributed by atoms with E-state index in [2.05, 4.69) is 15.4 Å². The lowest BCUT2D eigenvalue weighted by Crippen LogP contribution is -2.30. The molecule has 0 spiro atoms. The van der Waals surface area contributed by atoms with Crippen molar-refractivity contribution >= 4 is 32.7 Å². The van der Waals surface area contributed by atoms with Crippen molar-refractivity contribution in [2.45, 2.75) is 32.6 Å². The molecule has 1 aromatic carbocycles. The van der Waals surface area contributed by atoms with E-state index in [4.69, 9.17) is 4.42 Å². The summed E-state index contributed by atoms with van der Waals surface area (Å²) in [6.45, 7) is 7.93. The van der Waals surface area contributed by atoms with Crippen LogP contribution in [-0.4, -0.2) is 46.5 Å². The fraction of sp³-hybridized carbons (Fsp3) is 0.292. The number of hydrogen-bond donors (Lipinski definition) is 1. The third kappa shape index (κ3) is 4.10. The van der Waals surface area contributed by atoms with E-state index in [-0.39, 0.29) is 4.90 Å². The zero-order valence-electron chi connectivity index (χ0n) is 19.8. The van der Waals surface area contributed by atoms with Crippen LogP contribution in [0.4, 0.5) is 5.69 Å². The molecular weight excluding hydrogens is 454 g/mol. The molecule has 4 rings (SSSR count). The first-order chi connectivity index (χ1) is 16.2.